The van der Waals surface area contributed by atoms with Gasteiger partial charge in [-0.25, -0.2) is 0 Å². The van der Waals surface area contributed by atoms with Gasteiger partial charge in [0.1, 0.15) is 11.2 Å². The van der Waals surface area contributed by atoms with Crippen molar-refractivity contribution in [2.75, 3.05) is 0 Å². The van der Waals surface area contributed by atoms with Gasteiger partial charge >= 0.3 is 0 Å². The molecule has 0 saturated heterocycles. The third-order valence-corrected chi connectivity index (χ3v) is 10.5. The average Bonchev–Trinajstić information content (AvgIpc) is 3.86. The topological polar surface area (TPSA) is 23.0 Å². The van der Waals surface area contributed by atoms with Crippen LogP contribution in [0.1, 0.15) is 0 Å². The van der Waals surface area contributed by atoms with Gasteiger partial charge in [0.2, 0.25) is 0 Å². The van der Waals surface area contributed by atoms with Crippen molar-refractivity contribution in [1.82, 2.24) is 9.13 Å². The predicted molar refractivity (Wildman–Crippen MR) is 213 cm³/mol. The summed E-state index contributed by atoms with van der Waals surface area (Å²) in [5.41, 5.74) is 13.4. The van der Waals surface area contributed by atoms with E-state index in [1.807, 2.05) is 6.07 Å². The second kappa shape index (κ2) is 10.8. The number of hydrogen-bond acceptors (Lipinski definition) is 1. The Morgan fingerprint density at radius 2 is 0.843 bits per heavy atom. The minimum absolute atomic E-state index is 0.897. The van der Waals surface area contributed by atoms with Crippen LogP contribution in [-0.4, -0.2) is 9.13 Å². The second-order valence-electron chi connectivity index (χ2n) is 13.3. The van der Waals surface area contributed by atoms with Crippen molar-refractivity contribution in [2.24, 2.45) is 0 Å². The fourth-order valence-electron chi connectivity index (χ4n) is 8.37. The maximum atomic E-state index is 6.72. The lowest BCUT2D eigenvalue weighted by Crippen LogP contribution is -1.95. The number of hydrogen-bond donors (Lipinski definition) is 0. The van der Waals surface area contributed by atoms with E-state index in [0.29, 0.717) is 0 Å². The molecule has 11 rings (SSSR count). The Labute approximate surface area is 293 Å². The standard InChI is InChI=1S/C48H30N2O/c1-3-15-31(16-4-1)49-43-26-11-8-21-38(43)47-35(22-14-27-44(47)49)39-29-41-33-19-7-10-25-42(33)50(32-17-5-2-6-18-32)45(41)30-40(39)37-24-13-23-36-34-20-9-12-28-46(34)51-48(36)37/h1-30H. The highest BCUT2D eigenvalue weighted by Crippen LogP contribution is 2.47. The molecule has 0 aliphatic heterocycles. The van der Waals surface area contributed by atoms with E-state index < -0.39 is 0 Å². The smallest absolute Gasteiger partial charge is 0.143 e. The Bertz CT molecular complexity index is 3130. The first-order valence-electron chi connectivity index (χ1n) is 17.4. The molecular formula is C48H30N2O. The molecule has 11 aromatic rings. The highest BCUT2D eigenvalue weighted by Gasteiger charge is 2.23. The van der Waals surface area contributed by atoms with Crippen molar-refractivity contribution < 1.29 is 4.42 Å². The number of fused-ring (bicyclic) bond motifs is 9. The first-order valence-corrected chi connectivity index (χ1v) is 17.4. The maximum absolute atomic E-state index is 6.72. The Morgan fingerprint density at radius 1 is 0.314 bits per heavy atom. The minimum Gasteiger partial charge on any atom is -0.455 e. The predicted octanol–water partition coefficient (Wildman–Crippen LogP) is 13.1. The van der Waals surface area contributed by atoms with Gasteiger partial charge in [0.25, 0.3) is 0 Å². The number of furan rings is 1. The minimum atomic E-state index is 0.897. The summed E-state index contributed by atoms with van der Waals surface area (Å²) in [5.74, 6) is 0. The summed E-state index contributed by atoms with van der Waals surface area (Å²) >= 11 is 0. The van der Waals surface area contributed by atoms with Crippen LogP contribution in [0.25, 0.3) is 99.2 Å². The molecule has 0 saturated carbocycles. The molecule has 0 aliphatic rings. The van der Waals surface area contributed by atoms with Gasteiger partial charge < -0.3 is 13.6 Å². The molecule has 51 heavy (non-hydrogen) atoms. The van der Waals surface area contributed by atoms with E-state index in [1.165, 1.54) is 49.2 Å². The molecule has 0 unspecified atom stereocenters. The monoisotopic (exact) mass is 650 g/mol. The number of benzene rings is 8. The zero-order valence-electron chi connectivity index (χ0n) is 27.6. The van der Waals surface area contributed by atoms with Gasteiger partial charge in [-0.3, -0.25) is 0 Å². The second-order valence-corrected chi connectivity index (χ2v) is 13.3. The van der Waals surface area contributed by atoms with Crippen molar-refractivity contribution in [2.45, 2.75) is 0 Å². The quantitative estimate of drug-likeness (QED) is 0.186. The lowest BCUT2D eigenvalue weighted by molar-refractivity contribution is 0.670. The number of aromatic nitrogens is 2. The maximum Gasteiger partial charge on any atom is 0.143 e. The fraction of sp³-hybridized carbons (Fsp3) is 0. The molecule has 3 heteroatoms. The van der Waals surface area contributed by atoms with Crippen molar-refractivity contribution in [3.05, 3.63) is 182 Å². The zero-order valence-corrected chi connectivity index (χ0v) is 27.6. The van der Waals surface area contributed by atoms with E-state index in [1.54, 1.807) is 0 Å². The van der Waals surface area contributed by atoms with E-state index in [2.05, 4.69) is 185 Å². The van der Waals surface area contributed by atoms with E-state index >= 15 is 0 Å². The van der Waals surface area contributed by atoms with Crippen LogP contribution in [0.3, 0.4) is 0 Å². The Morgan fingerprint density at radius 3 is 1.61 bits per heavy atom. The lowest BCUT2D eigenvalue weighted by atomic mass is 9.89. The SMILES string of the molecule is c1ccc(-n2c3ccccc3c3cc(-c4cccc5c4c4ccccc4n5-c4ccccc4)c(-c4cccc5c4oc4ccccc45)cc32)cc1. The van der Waals surface area contributed by atoms with Crippen LogP contribution < -0.4 is 0 Å². The largest absolute Gasteiger partial charge is 0.455 e. The van der Waals surface area contributed by atoms with Crippen molar-refractivity contribution >= 4 is 65.6 Å². The molecule has 0 radical (unpaired) electrons. The molecule has 0 spiro atoms. The molecule has 3 aromatic heterocycles. The third kappa shape index (κ3) is 4.06. The van der Waals surface area contributed by atoms with Crippen LogP contribution in [-0.2, 0) is 0 Å². The first-order chi connectivity index (χ1) is 25.3. The van der Waals surface area contributed by atoms with Gasteiger partial charge in [-0.1, -0.05) is 121 Å². The summed E-state index contributed by atoms with van der Waals surface area (Å²) in [6, 6.07) is 65.4. The summed E-state index contributed by atoms with van der Waals surface area (Å²) in [7, 11) is 0. The molecular weight excluding hydrogens is 621 g/mol. The molecule has 8 aromatic carbocycles. The number of rotatable bonds is 4. The normalized spacial score (nSPS) is 11.9. The Balaban J connectivity index is 1.32. The van der Waals surface area contributed by atoms with Gasteiger partial charge in [0, 0.05) is 49.3 Å². The number of para-hydroxylation sites is 6. The van der Waals surface area contributed by atoms with E-state index in [9.17, 15) is 0 Å². The van der Waals surface area contributed by atoms with Crippen LogP contribution in [0.2, 0.25) is 0 Å². The first kappa shape index (κ1) is 28.0. The number of nitrogens with zero attached hydrogens (tertiary/aromatic N) is 2. The molecule has 0 N–H and O–H groups in total. The summed E-state index contributed by atoms with van der Waals surface area (Å²) in [6.07, 6.45) is 0. The van der Waals surface area contributed by atoms with Crippen LogP contribution in [0.15, 0.2) is 186 Å². The van der Waals surface area contributed by atoms with Crippen LogP contribution >= 0.6 is 0 Å². The summed E-state index contributed by atoms with van der Waals surface area (Å²) in [5, 5.41) is 7.16. The summed E-state index contributed by atoms with van der Waals surface area (Å²) in [6.45, 7) is 0. The van der Waals surface area contributed by atoms with E-state index in [0.717, 1.165) is 50.0 Å². The molecule has 238 valence electrons. The van der Waals surface area contributed by atoms with Crippen LogP contribution in [0.4, 0.5) is 0 Å². The Kier molecular flexibility index (Phi) is 5.96. The van der Waals surface area contributed by atoms with Gasteiger partial charge in [-0.15, -0.1) is 0 Å². The van der Waals surface area contributed by atoms with Gasteiger partial charge in [0.15, 0.2) is 0 Å². The fourth-order valence-corrected chi connectivity index (χ4v) is 8.37. The average molecular weight is 651 g/mol. The highest BCUT2D eigenvalue weighted by molar-refractivity contribution is 6.20. The van der Waals surface area contributed by atoms with Crippen molar-refractivity contribution in [3.8, 4) is 33.6 Å². The molecule has 0 fully saturated rings. The molecule has 0 aliphatic carbocycles. The van der Waals surface area contributed by atoms with Gasteiger partial charge in [-0.05, 0) is 77.4 Å². The van der Waals surface area contributed by atoms with Crippen molar-refractivity contribution in [3.63, 3.8) is 0 Å². The molecule has 0 atom stereocenters. The summed E-state index contributed by atoms with van der Waals surface area (Å²) < 4.78 is 11.5. The molecule has 3 heterocycles. The van der Waals surface area contributed by atoms with E-state index in [-0.39, 0.29) is 0 Å². The molecule has 3 nitrogen and oxygen atoms in total. The van der Waals surface area contributed by atoms with Crippen molar-refractivity contribution in [1.29, 1.82) is 0 Å². The summed E-state index contributed by atoms with van der Waals surface area (Å²) in [4.78, 5) is 0. The molecule has 0 amide bonds. The zero-order chi connectivity index (χ0) is 33.5. The Hall–Kier alpha value is -6.84. The van der Waals surface area contributed by atoms with E-state index in [4.69, 9.17) is 4.42 Å². The molecule has 0 bridgehead atoms. The highest BCUT2D eigenvalue weighted by atomic mass is 16.3. The van der Waals surface area contributed by atoms with Gasteiger partial charge in [0.05, 0.1) is 22.1 Å². The lowest BCUT2D eigenvalue weighted by Gasteiger charge is -2.15. The van der Waals surface area contributed by atoms with Crippen LogP contribution in [0, 0.1) is 0 Å². The van der Waals surface area contributed by atoms with Crippen LogP contribution in [0.5, 0.6) is 0 Å². The third-order valence-electron chi connectivity index (χ3n) is 10.5. The van der Waals surface area contributed by atoms with Gasteiger partial charge in [-0.2, -0.15) is 0 Å².